The first-order chi connectivity index (χ1) is 14.9. The van der Waals surface area contributed by atoms with Crippen LogP contribution in [0.2, 0.25) is 10.0 Å². The molecule has 0 spiro atoms. The number of amides is 1. The van der Waals surface area contributed by atoms with Gasteiger partial charge in [-0.15, -0.1) is 0 Å². The van der Waals surface area contributed by atoms with E-state index in [-0.39, 0.29) is 27.4 Å². The Bertz CT molecular complexity index is 1230. The van der Waals surface area contributed by atoms with Crippen molar-refractivity contribution in [2.24, 2.45) is 5.10 Å². The van der Waals surface area contributed by atoms with E-state index in [2.05, 4.69) is 10.1 Å². The van der Waals surface area contributed by atoms with Crippen molar-refractivity contribution < 1.29 is 36.6 Å². The van der Waals surface area contributed by atoms with Gasteiger partial charge in [-0.1, -0.05) is 23.2 Å². The van der Waals surface area contributed by atoms with Crippen LogP contribution in [0.5, 0.6) is 17.4 Å². The summed E-state index contributed by atoms with van der Waals surface area (Å²) in [6.45, 7) is 0. The molecule has 1 aliphatic rings. The summed E-state index contributed by atoms with van der Waals surface area (Å²) in [6.07, 6.45) is -3.16. The molecule has 0 unspecified atom stereocenters. The highest BCUT2D eigenvalue weighted by Gasteiger charge is 2.34. The van der Waals surface area contributed by atoms with Crippen LogP contribution in [0, 0.1) is 0 Å². The Labute approximate surface area is 189 Å². The zero-order chi connectivity index (χ0) is 23.8. The Kier molecular flexibility index (Phi) is 6.64. The molecule has 2 heterocycles. The fourth-order valence-corrected chi connectivity index (χ4v) is 3.91. The van der Waals surface area contributed by atoms with Crippen molar-refractivity contribution >= 4 is 56.3 Å². The Morgan fingerprint density at radius 1 is 1.22 bits per heavy atom. The molecule has 0 bridgehead atoms. The van der Waals surface area contributed by atoms with Crippen LogP contribution in [-0.4, -0.2) is 49.4 Å². The third kappa shape index (κ3) is 4.65. The van der Waals surface area contributed by atoms with Crippen molar-refractivity contribution in [1.82, 2.24) is 9.71 Å². The van der Waals surface area contributed by atoms with Gasteiger partial charge < -0.3 is 9.84 Å². The number of benzene rings is 1. The molecule has 0 saturated heterocycles. The number of hydrogen-bond donors (Lipinski definition) is 2. The number of anilines is 1. The number of aromatic nitrogens is 1. The van der Waals surface area contributed by atoms with E-state index in [1.807, 2.05) is 4.72 Å². The largest absolute Gasteiger partial charge is 0.505 e. The maximum Gasteiger partial charge on any atom is 0.285 e. The van der Waals surface area contributed by atoms with Gasteiger partial charge in [-0.2, -0.15) is 10.1 Å². The van der Waals surface area contributed by atoms with Crippen molar-refractivity contribution in [3.8, 4) is 17.4 Å². The van der Waals surface area contributed by atoms with Crippen LogP contribution >= 0.6 is 23.2 Å². The summed E-state index contributed by atoms with van der Waals surface area (Å²) >= 11 is 12.3. The molecule has 0 radical (unpaired) electrons. The molecule has 1 aromatic carbocycles. The van der Waals surface area contributed by atoms with Gasteiger partial charge in [-0.25, -0.2) is 26.9 Å². The molecule has 15 heteroatoms. The molecular weight excluding hydrogens is 497 g/mol. The van der Waals surface area contributed by atoms with Gasteiger partial charge >= 0.3 is 0 Å². The van der Waals surface area contributed by atoms with E-state index < -0.39 is 50.9 Å². The standard InChI is InChI=1S/C17H12Cl2F2N4O6S/c1-22-32(29,30)12-5-13(23-6-11(12)27)31-16-8(18)2-7(3-9(16)19)25-14(28)4-10(26)15(24-25)17(20)21/h2-3,5-6,17,22,27H,4H2,1H3. The number of nitrogens with one attached hydrogen (secondary N) is 1. The molecule has 1 amide bonds. The Hall–Kier alpha value is -2.87. The summed E-state index contributed by atoms with van der Waals surface area (Å²) in [5.74, 6) is -3.11. The van der Waals surface area contributed by atoms with Crippen molar-refractivity contribution in [3.63, 3.8) is 0 Å². The first kappa shape index (κ1) is 23.8. The molecule has 0 fully saturated rings. The van der Waals surface area contributed by atoms with Crippen molar-refractivity contribution in [1.29, 1.82) is 0 Å². The highest BCUT2D eigenvalue weighted by molar-refractivity contribution is 7.89. The van der Waals surface area contributed by atoms with Crippen LogP contribution in [0.15, 0.2) is 34.4 Å². The van der Waals surface area contributed by atoms with E-state index in [1.165, 1.54) is 0 Å². The fourth-order valence-electron chi connectivity index (χ4n) is 2.55. The first-order valence-electron chi connectivity index (χ1n) is 8.47. The molecule has 3 rings (SSSR count). The minimum Gasteiger partial charge on any atom is -0.505 e. The number of hydrazone groups is 1. The van der Waals surface area contributed by atoms with Gasteiger partial charge in [0.15, 0.2) is 23.0 Å². The average Bonchev–Trinajstić information content (AvgIpc) is 2.71. The number of ether oxygens (including phenoxy) is 1. The fraction of sp³-hybridized carbons (Fsp3) is 0.176. The molecule has 1 aliphatic heterocycles. The third-order valence-electron chi connectivity index (χ3n) is 4.06. The van der Waals surface area contributed by atoms with Gasteiger partial charge in [0.1, 0.15) is 4.90 Å². The minimum atomic E-state index is -4.04. The van der Waals surface area contributed by atoms with E-state index in [0.717, 1.165) is 31.4 Å². The van der Waals surface area contributed by atoms with E-state index in [9.17, 15) is 31.9 Å². The SMILES string of the molecule is CNS(=O)(=O)c1cc(Oc2c(Cl)cc(N3N=C(C(F)F)C(=O)CC3=O)cc2Cl)ncc1O. The number of ketones is 1. The van der Waals surface area contributed by atoms with Crippen LogP contribution in [0.1, 0.15) is 6.42 Å². The molecule has 32 heavy (non-hydrogen) atoms. The quantitative estimate of drug-likeness (QED) is 0.571. The van der Waals surface area contributed by atoms with E-state index in [4.69, 9.17) is 27.9 Å². The number of sulfonamides is 1. The number of rotatable bonds is 6. The van der Waals surface area contributed by atoms with Gasteiger partial charge in [0.05, 0.1) is 28.4 Å². The maximum atomic E-state index is 13.0. The third-order valence-corrected chi connectivity index (χ3v) is 6.07. The van der Waals surface area contributed by atoms with Crippen LogP contribution < -0.4 is 14.5 Å². The molecule has 0 aliphatic carbocycles. The van der Waals surface area contributed by atoms with Gasteiger partial charge in [-0.05, 0) is 19.2 Å². The molecular formula is C17H12Cl2F2N4O6S. The predicted octanol–water partition coefficient (Wildman–Crippen LogP) is 2.72. The molecule has 2 N–H and O–H groups in total. The lowest BCUT2D eigenvalue weighted by Gasteiger charge is -2.23. The smallest absolute Gasteiger partial charge is 0.285 e. The number of pyridine rings is 1. The second kappa shape index (κ2) is 8.94. The first-order valence-corrected chi connectivity index (χ1v) is 10.7. The normalized spacial score (nSPS) is 14.7. The molecule has 0 saturated carbocycles. The molecule has 2 aromatic rings. The predicted molar refractivity (Wildman–Crippen MR) is 109 cm³/mol. The molecule has 1 aromatic heterocycles. The number of aromatic hydroxyl groups is 1. The van der Waals surface area contributed by atoms with E-state index in [0.29, 0.717) is 5.01 Å². The van der Waals surface area contributed by atoms with Crippen molar-refractivity contribution in [3.05, 3.63) is 34.4 Å². The molecule has 0 atom stereocenters. The number of hydrogen-bond acceptors (Lipinski definition) is 8. The molecule has 10 nitrogen and oxygen atoms in total. The number of Topliss-reactive ketones (excluding diaryl/α,β-unsaturated/α-hetero) is 1. The molecule has 170 valence electrons. The Morgan fingerprint density at radius 2 is 1.84 bits per heavy atom. The summed E-state index contributed by atoms with van der Waals surface area (Å²) in [4.78, 5) is 26.9. The van der Waals surface area contributed by atoms with Gasteiger partial charge in [0, 0.05) is 6.07 Å². The highest BCUT2D eigenvalue weighted by Crippen LogP contribution is 2.40. The number of carbonyl (C=O) groups is 2. The summed E-state index contributed by atoms with van der Waals surface area (Å²) < 4.78 is 57.4. The topological polar surface area (TPSA) is 138 Å². The van der Waals surface area contributed by atoms with Gasteiger partial charge in [0.25, 0.3) is 12.3 Å². The summed E-state index contributed by atoms with van der Waals surface area (Å²) in [5, 5.41) is 13.3. The summed E-state index contributed by atoms with van der Waals surface area (Å²) in [6, 6.07) is 3.16. The lowest BCUT2D eigenvalue weighted by Crippen LogP contribution is -2.39. The second-order valence-electron chi connectivity index (χ2n) is 6.13. The highest BCUT2D eigenvalue weighted by atomic mass is 35.5. The van der Waals surface area contributed by atoms with Crippen LogP contribution in [0.25, 0.3) is 0 Å². The van der Waals surface area contributed by atoms with Gasteiger partial charge in [0.2, 0.25) is 15.9 Å². The van der Waals surface area contributed by atoms with Crippen molar-refractivity contribution in [2.75, 3.05) is 12.1 Å². The zero-order valence-corrected chi connectivity index (χ0v) is 18.2. The van der Waals surface area contributed by atoms with Crippen LogP contribution in [0.4, 0.5) is 14.5 Å². The van der Waals surface area contributed by atoms with E-state index >= 15 is 0 Å². The zero-order valence-electron chi connectivity index (χ0n) is 15.8. The van der Waals surface area contributed by atoms with Gasteiger partial charge in [-0.3, -0.25) is 9.59 Å². The summed E-state index contributed by atoms with van der Waals surface area (Å²) in [5.41, 5.74) is -1.19. The van der Waals surface area contributed by atoms with Crippen LogP contribution in [0.3, 0.4) is 0 Å². The number of alkyl halides is 2. The lowest BCUT2D eigenvalue weighted by atomic mass is 10.1. The number of nitrogens with zero attached hydrogens (tertiary/aromatic N) is 3. The monoisotopic (exact) mass is 508 g/mol. The van der Waals surface area contributed by atoms with Crippen LogP contribution in [-0.2, 0) is 19.6 Å². The Balaban J connectivity index is 1.98. The number of carbonyl (C=O) groups excluding carboxylic acids is 2. The van der Waals surface area contributed by atoms with E-state index in [1.54, 1.807) is 0 Å². The second-order valence-corrected chi connectivity index (χ2v) is 8.80. The Morgan fingerprint density at radius 3 is 2.41 bits per heavy atom. The number of halogens is 4. The lowest BCUT2D eigenvalue weighted by molar-refractivity contribution is -0.124. The van der Waals surface area contributed by atoms with Crippen molar-refractivity contribution in [2.45, 2.75) is 17.7 Å². The maximum absolute atomic E-state index is 13.0. The summed E-state index contributed by atoms with van der Waals surface area (Å²) in [7, 11) is -2.90. The minimum absolute atomic E-state index is 0.111. The average molecular weight is 509 g/mol.